The summed E-state index contributed by atoms with van der Waals surface area (Å²) in [5.41, 5.74) is 2.11. The van der Waals surface area contributed by atoms with E-state index in [2.05, 4.69) is 21.2 Å². The lowest BCUT2D eigenvalue weighted by Gasteiger charge is -2.10. The Balaban J connectivity index is 2.31. The molecule has 5 heteroatoms. The van der Waals surface area contributed by atoms with E-state index in [1.807, 2.05) is 24.3 Å². The van der Waals surface area contributed by atoms with Crippen LogP contribution in [0.1, 0.15) is 5.56 Å². The Morgan fingerprint density at radius 1 is 1.26 bits per heavy atom. The topological polar surface area (TPSA) is 45.0 Å². The van der Waals surface area contributed by atoms with Crippen LogP contribution in [0.5, 0.6) is 5.75 Å². The lowest BCUT2D eigenvalue weighted by molar-refractivity contribution is 0.415. The van der Waals surface area contributed by atoms with Gasteiger partial charge in [0.05, 0.1) is 29.5 Å². The van der Waals surface area contributed by atoms with Gasteiger partial charge in [0.25, 0.3) is 0 Å². The molecule has 0 saturated carbocycles. The van der Waals surface area contributed by atoms with E-state index < -0.39 is 0 Å². The molecule has 2 aromatic rings. The minimum Gasteiger partial charge on any atom is -0.497 e. The van der Waals surface area contributed by atoms with Gasteiger partial charge in [-0.15, -0.1) is 0 Å². The van der Waals surface area contributed by atoms with Gasteiger partial charge in [-0.05, 0) is 30.3 Å². The van der Waals surface area contributed by atoms with Gasteiger partial charge >= 0.3 is 0 Å². The highest BCUT2D eigenvalue weighted by Gasteiger charge is 2.04. The molecule has 0 heterocycles. The van der Waals surface area contributed by atoms with Crippen molar-refractivity contribution >= 4 is 38.9 Å². The van der Waals surface area contributed by atoms with Gasteiger partial charge in [0, 0.05) is 16.2 Å². The molecule has 2 aromatic carbocycles. The third-order valence-electron chi connectivity index (χ3n) is 2.48. The first-order chi connectivity index (χ1) is 9.12. The summed E-state index contributed by atoms with van der Waals surface area (Å²) >= 11 is 9.53. The van der Waals surface area contributed by atoms with Crippen molar-refractivity contribution in [2.75, 3.05) is 12.4 Å². The number of halogens is 2. The Kier molecular flexibility index (Phi) is 4.31. The van der Waals surface area contributed by atoms with Crippen LogP contribution in [0.15, 0.2) is 40.9 Å². The third kappa shape index (κ3) is 3.40. The molecule has 3 nitrogen and oxygen atoms in total. The predicted octanol–water partition coefficient (Wildman–Crippen LogP) is 4.73. The molecular formula is C14H10BrClN2O. The Morgan fingerprint density at radius 2 is 2.05 bits per heavy atom. The number of benzene rings is 2. The lowest BCUT2D eigenvalue weighted by atomic mass is 10.2. The standard InChI is InChI=1S/C14H10BrClN2O/c1-19-12-6-10(15)5-11(7-12)18-14-3-2-9(8-17)4-13(14)16/h2-7,18H,1H3. The second-order valence-corrected chi connectivity index (χ2v) is 5.13. The van der Waals surface area contributed by atoms with E-state index >= 15 is 0 Å². The largest absolute Gasteiger partial charge is 0.497 e. The number of ether oxygens (including phenoxy) is 1. The van der Waals surface area contributed by atoms with Crippen molar-refractivity contribution in [2.45, 2.75) is 0 Å². The van der Waals surface area contributed by atoms with Crippen molar-refractivity contribution in [1.82, 2.24) is 0 Å². The van der Waals surface area contributed by atoms with Gasteiger partial charge in [-0.25, -0.2) is 0 Å². The second-order valence-electron chi connectivity index (χ2n) is 3.81. The van der Waals surface area contributed by atoms with E-state index in [-0.39, 0.29) is 0 Å². The number of rotatable bonds is 3. The summed E-state index contributed by atoms with van der Waals surface area (Å²) in [4.78, 5) is 0. The highest BCUT2D eigenvalue weighted by Crippen LogP contribution is 2.30. The molecule has 1 N–H and O–H groups in total. The van der Waals surface area contributed by atoms with Gasteiger partial charge < -0.3 is 10.1 Å². The minimum atomic E-state index is 0.498. The molecule has 0 aliphatic carbocycles. The van der Waals surface area contributed by atoms with Crippen molar-refractivity contribution in [1.29, 1.82) is 5.26 Å². The third-order valence-corrected chi connectivity index (χ3v) is 3.25. The SMILES string of the molecule is COc1cc(Br)cc(Nc2ccc(C#N)cc2Cl)c1. The maximum Gasteiger partial charge on any atom is 0.122 e. The van der Waals surface area contributed by atoms with Gasteiger partial charge in [0.1, 0.15) is 5.75 Å². The fourth-order valence-electron chi connectivity index (χ4n) is 1.59. The Bertz CT molecular complexity index is 652. The van der Waals surface area contributed by atoms with E-state index in [0.29, 0.717) is 10.6 Å². The van der Waals surface area contributed by atoms with Crippen LogP contribution in [0.3, 0.4) is 0 Å². The molecule has 0 atom stereocenters. The molecule has 0 amide bonds. The first kappa shape index (κ1) is 13.7. The van der Waals surface area contributed by atoms with Crippen molar-refractivity contribution < 1.29 is 4.74 Å². The summed E-state index contributed by atoms with van der Waals surface area (Å²) in [6.07, 6.45) is 0. The summed E-state index contributed by atoms with van der Waals surface area (Å²) in [6, 6.07) is 12.8. The first-order valence-corrected chi connectivity index (χ1v) is 6.60. The maximum atomic E-state index is 8.80. The van der Waals surface area contributed by atoms with Crippen molar-refractivity contribution in [3.8, 4) is 11.8 Å². The Labute approximate surface area is 124 Å². The molecule has 0 fully saturated rings. The molecule has 0 aliphatic heterocycles. The van der Waals surface area contributed by atoms with E-state index in [1.54, 1.807) is 25.3 Å². The number of methoxy groups -OCH3 is 1. The van der Waals surface area contributed by atoms with Crippen LogP contribution < -0.4 is 10.1 Å². The van der Waals surface area contributed by atoms with Gasteiger partial charge in [0.15, 0.2) is 0 Å². The molecule has 96 valence electrons. The van der Waals surface area contributed by atoms with Crippen LogP contribution in [0, 0.1) is 11.3 Å². The number of nitriles is 1. The highest BCUT2D eigenvalue weighted by atomic mass is 79.9. The maximum absolute atomic E-state index is 8.80. The summed E-state index contributed by atoms with van der Waals surface area (Å²) in [7, 11) is 1.61. The number of anilines is 2. The van der Waals surface area contributed by atoms with Gasteiger partial charge in [0.2, 0.25) is 0 Å². The molecular weight excluding hydrogens is 328 g/mol. The zero-order chi connectivity index (χ0) is 13.8. The average Bonchev–Trinajstić information content (AvgIpc) is 2.40. The second kappa shape index (κ2) is 5.96. The van der Waals surface area contributed by atoms with Crippen LogP contribution in [-0.4, -0.2) is 7.11 Å². The zero-order valence-corrected chi connectivity index (χ0v) is 12.4. The van der Waals surface area contributed by atoms with E-state index in [0.717, 1.165) is 21.6 Å². The Hall–Kier alpha value is -1.70. The molecule has 0 bridgehead atoms. The fourth-order valence-corrected chi connectivity index (χ4v) is 2.29. The molecule has 0 spiro atoms. The van der Waals surface area contributed by atoms with Crippen molar-refractivity contribution in [3.05, 3.63) is 51.5 Å². The molecule has 0 radical (unpaired) electrons. The lowest BCUT2D eigenvalue weighted by Crippen LogP contribution is -1.93. The van der Waals surface area contributed by atoms with Gasteiger partial charge in [-0.1, -0.05) is 27.5 Å². The van der Waals surface area contributed by atoms with Crippen LogP contribution in [-0.2, 0) is 0 Å². The van der Waals surface area contributed by atoms with Crippen LogP contribution in [0.2, 0.25) is 5.02 Å². The minimum absolute atomic E-state index is 0.498. The van der Waals surface area contributed by atoms with Gasteiger partial charge in [-0.3, -0.25) is 0 Å². The highest BCUT2D eigenvalue weighted by molar-refractivity contribution is 9.10. The molecule has 0 aliphatic rings. The van der Waals surface area contributed by atoms with Crippen LogP contribution in [0.25, 0.3) is 0 Å². The average molecular weight is 338 g/mol. The molecule has 2 rings (SSSR count). The normalized spacial score (nSPS) is 9.79. The van der Waals surface area contributed by atoms with E-state index in [1.165, 1.54) is 0 Å². The van der Waals surface area contributed by atoms with Crippen LogP contribution >= 0.6 is 27.5 Å². The predicted molar refractivity (Wildman–Crippen MR) is 80.1 cm³/mol. The number of hydrogen-bond donors (Lipinski definition) is 1. The zero-order valence-electron chi connectivity index (χ0n) is 10.1. The quantitative estimate of drug-likeness (QED) is 0.881. The van der Waals surface area contributed by atoms with Crippen molar-refractivity contribution in [2.24, 2.45) is 0 Å². The van der Waals surface area contributed by atoms with Crippen LogP contribution in [0.4, 0.5) is 11.4 Å². The Morgan fingerprint density at radius 3 is 2.68 bits per heavy atom. The van der Waals surface area contributed by atoms with Crippen molar-refractivity contribution in [3.63, 3.8) is 0 Å². The van der Waals surface area contributed by atoms with Gasteiger partial charge in [-0.2, -0.15) is 5.26 Å². The molecule has 0 aromatic heterocycles. The number of nitrogens with one attached hydrogen (secondary N) is 1. The smallest absolute Gasteiger partial charge is 0.122 e. The summed E-state index contributed by atoms with van der Waals surface area (Å²) in [5, 5.41) is 12.5. The van der Waals surface area contributed by atoms with E-state index in [4.69, 9.17) is 21.6 Å². The molecule has 19 heavy (non-hydrogen) atoms. The van der Waals surface area contributed by atoms with E-state index in [9.17, 15) is 0 Å². The number of nitrogens with zero attached hydrogens (tertiary/aromatic N) is 1. The monoisotopic (exact) mass is 336 g/mol. The number of hydrogen-bond acceptors (Lipinski definition) is 3. The molecule has 0 unspecified atom stereocenters. The summed E-state index contributed by atoms with van der Waals surface area (Å²) in [6.45, 7) is 0. The first-order valence-electron chi connectivity index (χ1n) is 5.43. The fraction of sp³-hybridized carbons (Fsp3) is 0.0714. The summed E-state index contributed by atoms with van der Waals surface area (Å²) in [5.74, 6) is 0.738. The molecule has 0 saturated heterocycles. The summed E-state index contributed by atoms with van der Waals surface area (Å²) < 4.78 is 6.10.